The second-order valence-electron chi connectivity index (χ2n) is 10.8. The highest BCUT2D eigenvalue weighted by molar-refractivity contribution is 5.71. The van der Waals surface area contributed by atoms with Gasteiger partial charge in [-0.1, -0.05) is 110 Å². The molecule has 1 aliphatic carbocycles. The van der Waals surface area contributed by atoms with Crippen LogP contribution >= 0.6 is 0 Å². The molecule has 4 heteroatoms. The molecule has 3 rings (SSSR count). The molecular formula is C33H52N2O2. The minimum atomic E-state index is 0.762. The Labute approximate surface area is 227 Å². The summed E-state index contributed by atoms with van der Waals surface area (Å²) in [5.41, 5.74) is 4.65. The third kappa shape index (κ3) is 11.0. The maximum atomic E-state index is 5.99. The molecule has 1 aliphatic rings. The van der Waals surface area contributed by atoms with Crippen LogP contribution in [0, 0.1) is 0 Å². The van der Waals surface area contributed by atoms with Crippen LogP contribution in [-0.4, -0.2) is 23.2 Å². The third-order valence-electron chi connectivity index (χ3n) is 7.53. The quantitative estimate of drug-likeness (QED) is 0.157. The van der Waals surface area contributed by atoms with Crippen LogP contribution in [0.5, 0.6) is 11.8 Å². The molecule has 37 heavy (non-hydrogen) atoms. The Morgan fingerprint density at radius 3 is 1.22 bits per heavy atom. The van der Waals surface area contributed by atoms with Gasteiger partial charge in [-0.05, 0) is 37.8 Å². The molecule has 0 atom stereocenters. The SMILES string of the molecule is CCCCCCCCCCCOc1ccc2c(n1)CCc1nc(OCCCCCCCCCC)ccc1-2. The van der Waals surface area contributed by atoms with Gasteiger partial charge in [-0.25, -0.2) is 9.97 Å². The molecule has 4 nitrogen and oxygen atoms in total. The zero-order chi connectivity index (χ0) is 26.0. The summed E-state index contributed by atoms with van der Waals surface area (Å²) in [6.07, 6.45) is 24.3. The highest BCUT2D eigenvalue weighted by Gasteiger charge is 2.19. The van der Waals surface area contributed by atoms with Crippen LogP contribution in [0.2, 0.25) is 0 Å². The van der Waals surface area contributed by atoms with Gasteiger partial charge in [0.25, 0.3) is 0 Å². The minimum Gasteiger partial charge on any atom is -0.478 e. The van der Waals surface area contributed by atoms with Gasteiger partial charge in [-0.3, -0.25) is 0 Å². The summed E-state index contributed by atoms with van der Waals surface area (Å²) in [5.74, 6) is 1.53. The van der Waals surface area contributed by atoms with Crippen molar-refractivity contribution in [2.75, 3.05) is 13.2 Å². The summed E-state index contributed by atoms with van der Waals surface area (Å²) in [6.45, 7) is 6.07. The number of aryl methyl sites for hydroxylation is 2. The maximum Gasteiger partial charge on any atom is 0.213 e. The van der Waals surface area contributed by atoms with Gasteiger partial charge in [0.1, 0.15) is 0 Å². The van der Waals surface area contributed by atoms with E-state index in [-0.39, 0.29) is 0 Å². The van der Waals surface area contributed by atoms with Crippen molar-refractivity contribution in [3.8, 4) is 22.9 Å². The monoisotopic (exact) mass is 508 g/mol. The normalized spacial score (nSPS) is 12.3. The maximum absolute atomic E-state index is 5.99. The molecule has 0 saturated carbocycles. The number of hydrogen-bond donors (Lipinski definition) is 0. The molecule has 0 saturated heterocycles. The Kier molecular flexibility index (Phi) is 14.5. The number of rotatable bonds is 21. The molecule has 2 aromatic rings. The van der Waals surface area contributed by atoms with E-state index in [4.69, 9.17) is 19.4 Å². The van der Waals surface area contributed by atoms with Gasteiger partial charge in [0, 0.05) is 23.3 Å². The van der Waals surface area contributed by atoms with Crippen LogP contribution in [0.3, 0.4) is 0 Å². The first-order chi connectivity index (χ1) is 18.3. The van der Waals surface area contributed by atoms with Crippen molar-refractivity contribution < 1.29 is 9.47 Å². The smallest absolute Gasteiger partial charge is 0.213 e. The van der Waals surface area contributed by atoms with Gasteiger partial charge >= 0.3 is 0 Å². The van der Waals surface area contributed by atoms with Crippen molar-refractivity contribution in [2.24, 2.45) is 0 Å². The average Bonchev–Trinajstić information content (AvgIpc) is 2.92. The van der Waals surface area contributed by atoms with E-state index < -0.39 is 0 Å². The Hall–Kier alpha value is -2.10. The minimum absolute atomic E-state index is 0.762. The zero-order valence-electron chi connectivity index (χ0n) is 23.9. The second kappa shape index (κ2) is 18.2. The van der Waals surface area contributed by atoms with E-state index in [0.717, 1.165) is 62.0 Å². The summed E-state index contributed by atoms with van der Waals surface area (Å²) in [6, 6.07) is 8.36. The number of fused-ring (bicyclic) bond motifs is 3. The summed E-state index contributed by atoms with van der Waals surface area (Å²) >= 11 is 0. The first-order valence-electron chi connectivity index (χ1n) is 15.6. The number of aromatic nitrogens is 2. The molecular weight excluding hydrogens is 456 g/mol. The van der Waals surface area contributed by atoms with Crippen molar-refractivity contribution >= 4 is 0 Å². The molecule has 0 spiro atoms. The number of ether oxygens (including phenoxy) is 2. The van der Waals surface area contributed by atoms with Gasteiger partial charge in [-0.15, -0.1) is 0 Å². The van der Waals surface area contributed by atoms with Crippen LogP contribution in [0.1, 0.15) is 134 Å². The molecule has 0 unspecified atom stereocenters. The molecule has 0 radical (unpaired) electrons. The largest absolute Gasteiger partial charge is 0.478 e. The summed E-state index contributed by atoms with van der Waals surface area (Å²) in [5, 5.41) is 0. The molecule has 0 aliphatic heterocycles. The first kappa shape index (κ1) is 29.5. The first-order valence-corrected chi connectivity index (χ1v) is 15.6. The molecule has 2 heterocycles. The van der Waals surface area contributed by atoms with Gasteiger partial charge < -0.3 is 9.47 Å². The molecule has 206 valence electrons. The average molecular weight is 509 g/mol. The van der Waals surface area contributed by atoms with E-state index in [2.05, 4.69) is 26.0 Å². The van der Waals surface area contributed by atoms with Gasteiger partial charge in [-0.2, -0.15) is 0 Å². The lowest BCUT2D eigenvalue weighted by Crippen LogP contribution is -2.10. The molecule has 0 bridgehead atoms. The van der Waals surface area contributed by atoms with E-state index in [1.54, 1.807) is 0 Å². The fraction of sp³-hybridized carbons (Fsp3) is 0.697. The summed E-state index contributed by atoms with van der Waals surface area (Å²) in [7, 11) is 0. The van der Waals surface area contributed by atoms with E-state index >= 15 is 0 Å². The van der Waals surface area contributed by atoms with Crippen LogP contribution in [0.15, 0.2) is 24.3 Å². The van der Waals surface area contributed by atoms with Crippen LogP contribution in [-0.2, 0) is 12.8 Å². The molecule has 0 aromatic carbocycles. The Morgan fingerprint density at radius 1 is 0.486 bits per heavy atom. The van der Waals surface area contributed by atoms with E-state index in [1.807, 2.05) is 12.1 Å². The van der Waals surface area contributed by atoms with Crippen LogP contribution in [0.4, 0.5) is 0 Å². The Balaban J connectivity index is 1.34. The predicted octanol–water partition coefficient (Wildman–Crippen LogP) is 9.67. The number of pyridine rings is 2. The number of hydrogen-bond acceptors (Lipinski definition) is 4. The highest BCUT2D eigenvalue weighted by Crippen LogP contribution is 2.34. The van der Waals surface area contributed by atoms with E-state index in [1.165, 1.54) is 107 Å². The summed E-state index contributed by atoms with van der Waals surface area (Å²) in [4.78, 5) is 9.66. The lowest BCUT2D eigenvalue weighted by Gasteiger charge is -2.19. The van der Waals surface area contributed by atoms with Gasteiger partial charge in [0.15, 0.2) is 0 Å². The fourth-order valence-electron chi connectivity index (χ4n) is 5.23. The third-order valence-corrected chi connectivity index (χ3v) is 7.53. The topological polar surface area (TPSA) is 44.2 Å². The standard InChI is InChI=1S/C33H52N2O2/c1-3-5-7-9-11-13-15-17-19-27-37-33-25-21-29-28-20-24-32(34-30(28)22-23-31(29)35-33)36-26-18-16-14-12-10-8-6-4-2/h20-21,24-25H,3-19,22-23,26-27H2,1-2H3. The fourth-order valence-corrected chi connectivity index (χ4v) is 5.23. The molecule has 0 N–H and O–H groups in total. The zero-order valence-corrected chi connectivity index (χ0v) is 23.9. The van der Waals surface area contributed by atoms with E-state index in [9.17, 15) is 0 Å². The number of unbranched alkanes of at least 4 members (excludes halogenated alkanes) is 15. The van der Waals surface area contributed by atoms with Crippen molar-refractivity contribution in [2.45, 2.75) is 136 Å². The van der Waals surface area contributed by atoms with E-state index in [0.29, 0.717) is 0 Å². The molecule has 2 aromatic heterocycles. The number of nitrogens with zero attached hydrogens (tertiary/aromatic N) is 2. The predicted molar refractivity (Wildman–Crippen MR) is 156 cm³/mol. The van der Waals surface area contributed by atoms with Gasteiger partial charge in [0.2, 0.25) is 11.8 Å². The van der Waals surface area contributed by atoms with Crippen LogP contribution in [0.25, 0.3) is 11.1 Å². The Morgan fingerprint density at radius 2 is 0.838 bits per heavy atom. The van der Waals surface area contributed by atoms with Crippen molar-refractivity contribution in [1.82, 2.24) is 9.97 Å². The van der Waals surface area contributed by atoms with Crippen molar-refractivity contribution in [1.29, 1.82) is 0 Å². The second-order valence-corrected chi connectivity index (χ2v) is 10.8. The van der Waals surface area contributed by atoms with Crippen molar-refractivity contribution in [3.05, 3.63) is 35.7 Å². The Bertz CT molecular complexity index is 883. The van der Waals surface area contributed by atoms with Gasteiger partial charge in [0.05, 0.1) is 24.6 Å². The molecule has 0 amide bonds. The molecule has 0 fully saturated rings. The van der Waals surface area contributed by atoms with Crippen LogP contribution < -0.4 is 9.47 Å². The summed E-state index contributed by atoms with van der Waals surface area (Å²) < 4.78 is 12.0. The highest BCUT2D eigenvalue weighted by atomic mass is 16.5. The lowest BCUT2D eigenvalue weighted by atomic mass is 9.92. The van der Waals surface area contributed by atoms with Crippen molar-refractivity contribution in [3.63, 3.8) is 0 Å². The lowest BCUT2D eigenvalue weighted by molar-refractivity contribution is 0.291.